The van der Waals surface area contributed by atoms with E-state index in [1.807, 2.05) is 0 Å². The van der Waals surface area contributed by atoms with Crippen molar-refractivity contribution in [2.24, 2.45) is 0 Å². The zero-order chi connectivity index (χ0) is 8.01. The van der Waals surface area contributed by atoms with Crippen LogP contribution in [0.3, 0.4) is 0 Å². The van der Waals surface area contributed by atoms with Crippen LogP contribution in [0.2, 0.25) is 0 Å². The highest BCUT2D eigenvalue weighted by Crippen LogP contribution is 2.42. The summed E-state index contributed by atoms with van der Waals surface area (Å²) in [5, 5.41) is 9.46. The molecule has 2 aliphatic rings. The first-order valence-electron chi connectivity index (χ1n) is 3.56. The molecule has 1 fully saturated rings. The lowest BCUT2D eigenvalue weighted by molar-refractivity contribution is -0.137. The number of hydrogen-bond donors (Lipinski definition) is 1. The summed E-state index contributed by atoms with van der Waals surface area (Å²) in [6.07, 6.45) is 1.95. The van der Waals surface area contributed by atoms with E-state index in [9.17, 15) is 9.90 Å². The third-order valence-electron chi connectivity index (χ3n) is 1.90. The molecule has 1 unspecified atom stereocenters. The van der Waals surface area contributed by atoms with Crippen LogP contribution in [0.25, 0.3) is 0 Å². The van der Waals surface area contributed by atoms with Gasteiger partial charge in [0.15, 0.2) is 0 Å². The van der Waals surface area contributed by atoms with E-state index in [0.29, 0.717) is 6.42 Å². The van der Waals surface area contributed by atoms with Crippen molar-refractivity contribution in [3.63, 3.8) is 0 Å². The molecule has 3 nitrogen and oxygen atoms in total. The fourth-order valence-corrected chi connectivity index (χ4v) is 2.39. The minimum atomic E-state index is -0.432. The minimum absolute atomic E-state index is 0.165. The van der Waals surface area contributed by atoms with Crippen molar-refractivity contribution in [3.8, 4) is 0 Å². The van der Waals surface area contributed by atoms with Crippen LogP contribution in [0, 0.1) is 0 Å². The molecule has 0 aromatic heterocycles. The van der Waals surface area contributed by atoms with Crippen molar-refractivity contribution in [1.82, 2.24) is 4.90 Å². The van der Waals surface area contributed by atoms with Crippen LogP contribution in [0.4, 0.5) is 0 Å². The highest BCUT2D eigenvalue weighted by Gasteiger charge is 2.41. The molecule has 2 atom stereocenters. The van der Waals surface area contributed by atoms with Gasteiger partial charge in [0.25, 0.3) is 0 Å². The number of fused-ring (bicyclic) bond motifs is 1. The maximum atomic E-state index is 10.9. The predicted octanol–water partition coefficient (Wildman–Crippen LogP) is 0.514. The van der Waals surface area contributed by atoms with Gasteiger partial charge in [0.2, 0.25) is 5.91 Å². The monoisotopic (exact) mass is 171 g/mol. The molecule has 60 valence electrons. The van der Waals surface area contributed by atoms with Gasteiger partial charge < -0.3 is 10.0 Å². The molecular formula is C7H9NO2S. The first kappa shape index (κ1) is 7.18. The average Bonchev–Trinajstić information content (AvgIpc) is 2.26. The summed E-state index contributed by atoms with van der Waals surface area (Å²) in [4.78, 5) is 13.5. The van der Waals surface area contributed by atoms with Crippen molar-refractivity contribution in [1.29, 1.82) is 0 Å². The van der Waals surface area contributed by atoms with Crippen LogP contribution in [-0.4, -0.2) is 27.4 Å². The van der Waals surface area contributed by atoms with E-state index in [-0.39, 0.29) is 11.3 Å². The van der Waals surface area contributed by atoms with E-state index in [1.54, 1.807) is 29.8 Å². The van der Waals surface area contributed by atoms with Gasteiger partial charge in [0, 0.05) is 11.1 Å². The molecule has 2 heterocycles. The fraction of sp³-hybridized carbons (Fsp3) is 0.571. The molecule has 1 N–H and O–H groups in total. The number of amides is 1. The van der Waals surface area contributed by atoms with Gasteiger partial charge in [-0.3, -0.25) is 4.79 Å². The second-order valence-electron chi connectivity index (χ2n) is 2.79. The molecule has 2 aliphatic heterocycles. The second-order valence-corrected chi connectivity index (χ2v) is 4.04. The van der Waals surface area contributed by atoms with Crippen LogP contribution in [0.1, 0.15) is 13.3 Å². The first-order valence-corrected chi connectivity index (χ1v) is 4.44. The fourth-order valence-electron chi connectivity index (χ4n) is 1.19. The third kappa shape index (κ3) is 0.973. The number of β-lactam (4-membered cyclic amide) rings is 1. The lowest BCUT2D eigenvalue weighted by Gasteiger charge is -2.31. The van der Waals surface area contributed by atoms with E-state index in [2.05, 4.69) is 0 Å². The van der Waals surface area contributed by atoms with Crippen molar-refractivity contribution < 1.29 is 9.90 Å². The van der Waals surface area contributed by atoms with Crippen LogP contribution in [0.5, 0.6) is 0 Å². The summed E-state index contributed by atoms with van der Waals surface area (Å²) >= 11 is 1.59. The number of aliphatic hydroxyl groups excluding tert-OH is 1. The topological polar surface area (TPSA) is 40.5 Å². The Labute approximate surface area is 69.1 Å². The molecular weight excluding hydrogens is 162 g/mol. The van der Waals surface area contributed by atoms with Crippen LogP contribution in [0.15, 0.2) is 11.1 Å². The lowest BCUT2D eigenvalue weighted by Crippen LogP contribution is -2.44. The maximum Gasteiger partial charge on any atom is 0.230 e. The quantitative estimate of drug-likeness (QED) is 0.584. The summed E-state index contributed by atoms with van der Waals surface area (Å²) in [6, 6.07) is 0. The Morgan fingerprint density at radius 2 is 2.64 bits per heavy atom. The summed E-state index contributed by atoms with van der Waals surface area (Å²) in [6.45, 7) is 1.72. The molecule has 0 spiro atoms. The SMILES string of the molecule is CC(O)C1=CN2C(=O)C[C@H]2S1. The Bertz CT molecular complexity index is 237. The predicted molar refractivity (Wildman–Crippen MR) is 42.6 cm³/mol. The molecule has 0 bridgehead atoms. The van der Waals surface area contributed by atoms with E-state index >= 15 is 0 Å². The van der Waals surface area contributed by atoms with E-state index in [4.69, 9.17) is 0 Å². The number of rotatable bonds is 1. The first-order chi connectivity index (χ1) is 5.18. The van der Waals surface area contributed by atoms with Crippen LogP contribution in [-0.2, 0) is 4.79 Å². The Kier molecular flexibility index (Phi) is 1.47. The molecule has 0 radical (unpaired) electrons. The van der Waals surface area contributed by atoms with Gasteiger partial charge >= 0.3 is 0 Å². The molecule has 1 saturated heterocycles. The summed E-state index contributed by atoms with van der Waals surface area (Å²) in [5.41, 5.74) is 0. The molecule has 0 aromatic carbocycles. The molecule has 0 saturated carbocycles. The third-order valence-corrected chi connectivity index (χ3v) is 3.28. The zero-order valence-electron chi connectivity index (χ0n) is 6.15. The van der Waals surface area contributed by atoms with Gasteiger partial charge in [0.05, 0.1) is 17.9 Å². The minimum Gasteiger partial charge on any atom is -0.388 e. The Balaban J connectivity index is 2.12. The number of carbonyl (C=O) groups excluding carboxylic acids is 1. The maximum absolute atomic E-state index is 10.9. The smallest absolute Gasteiger partial charge is 0.230 e. The highest BCUT2D eigenvalue weighted by atomic mass is 32.2. The van der Waals surface area contributed by atoms with Crippen molar-refractivity contribution in [2.45, 2.75) is 24.8 Å². The van der Waals surface area contributed by atoms with Crippen molar-refractivity contribution in [2.75, 3.05) is 0 Å². The normalized spacial score (nSPS) is 31.1. The molecule has 2 rings (SSSR count). The van der Waals surface area contributed by atoms with Gasteiger partial charge in [0.1, 0.15) is 0 Å². The van der Waals surface area contributed by atoms with Crippen LogP contribution >= 0.6 is 11.8 Å². The summed E-state index contributed by atoms with van der Waals surface area (Å²) in [5.74, 6) is 0.165. The number of nitrogens with zero attached hydrogens (tertiary/aromatic N) is 1. The summed E-state index contributed by atoms with van der Waals surface area (Å²) < 4.78 is 0. The average molecular weight is 171 g/mol. The molecule has 1 amide bonds. The number of thioether (sulfide) groups is 1. The Hall–Kier alpha value is -0.480. The molecule has 0 aromatic rings. The molecule has 4 heteroatoms. The van der Waals surface area contributed by atoms with Gasteiger partial charge in [-0.05, 0) is 6.92 Å². The number of carbonyl (C=O) groups is 1. The lowest BCUT2D eigenvalue weighted by atomic mass is 10.2. The van der Waals surface area contributed by atoms with E-state index in [0.717, 1.165) is 4.91 Å². The molecule has 0 aliphatic carbocycles. The Morgan fingerprint density at radius 1 is 1.91 bits per heavy atom. The molecule has 11 heavy (non-hydrogen) atoms. The van der Waals surface area contributed by atoms with Crippen molar-refractivity contribution in [3.05, 3.63) is 11.1 Å². The van der Waals surface area contributed by atoms with Gasteiger partial charge in [-0.1, -0.05) is 0 Å². The zero-order valence-corrected chi connectivity index (χ0v) is 6.97. The van der Waals surface area contributed by atoms with Gasteiger partial charge in [-0.15, -0.1) is 11.8 Å². The largest absolute Gasteiger partial charge is 0.388 e. The van der Waals surface area contributed by atoms with E-state index < -0.39 is 6.10 Å². The number of hydrogen-bond acceptors (Lipinski definition) is 3. The highest BCUT2D eigenvalue weighted by molar-refractivity contribution is 8.04. The summed E-state index contributed by atoms with van der Waals surface area (Å²) in [7, 11) is 0. The van der Waals surface area contributed by atoms with Crippen molar-refractivity contribution >= 4 is 17.7 Å². The number of aliphatic hydroxyl groups is 1. The van der Waals surface area contributed by atoms with Gasteiger partial charge in [-0.2, -0.15) is 0 Å². The van der Waals surface area contributed by atoms with Crippen LogP contribution < -0.4 is 0 Å². The van der Waals surface area contributed by atoms with E-state index in [1.165, 1.54) is 0 Å². The second kappa shape index (κ2) is 2.25. The van der Waals surface area contributed by atoms with Gasteiger partial charge in [-0.25, -0.2) is 0 Å². The standard InChI is InChI=1S/C7H9NO2S/c1-4(9)5-3-8-6(10)2-7(8)11-5/h3-4,7,9H,2H2,1H3/t4?,7-/m1/s1. The Morgan fingerprint density at radius 3 is 3.09 bits per heavy atom.